The number of carbonyl (C=O) groups is 2. The number of methoxy groups -OCH3 is 1. The maximum atomic E-state index is 12.7. The van der Waals surface area contributed by atoms with E-state index in [4.69, 9.17) is 32.7 Å². The van der Waals surface area contributed by atoms with Crippen molar-refractivity contribution in [2.75, 3.05) is 13.7 Å². The molecule has 0 bridgehead atoms. The SMILES string of the molecule is COC(=O)[C@H](Cc1ccc(OCCc2cccc[n+]2[O-])cc1)NC(=O)c1c(Cl)cccc1Cl. The largest absolute Gasteiger partial charge is 0.619 e. The van der Waals surface area contributed by atoms with Gasteiger partial charge in [-0.05, 0) is 29.8 Å². The number of nitrogens with one attached hydrogen (secondary N) is 1. The summed E-state index contributed by atoms with van der Waals surface area (Å²) in [5, 5.41) is 14.7. The fourth-order valence-corrected chi connectivity index (χ4v) is 3.74. The molecule has 0 unspecified atom stereocenters. The molecule has 1 N–H and O–H groups in total. The highest BCUT2D eigenvalue weighted by atomic mass is 35.5. The van der Waals surface area contributed by atoms with Crippen LogP contribution in [0.5, 0.6) is 5.75 Å². The van der Waals surface area contributed by atoms with Gasteiger partial charge in [0.15, 0.2) is 11.9 Å². The van der Waals surface area contributed by atoms with Gasteiger partial charge in [-0.2, -0.15) is 4.73 Å². The molecule has 1 atom stereocenters. The number of hydrogen-bond acceptors (Lipinski definition) is 5. The summed E-state index contributed by atoms with van der Waals surface area (Å²) in [6, 6.07) is 16.1. The average molecular weight is 489 g/mol. The zero-order chi connectivity index (χ0) is 23.8. The normalized spacial score (nSPS) is 11.5. The van der Waals surface area contributed by atoms with Crippen LogP contribution in [0.1, 0.15) is 21.6 Å². The second-order valence-electron chi connectivity index (χ2n) is 7.11. The molecule has 0 aliphatic carbocycles. The van der Waals surface area contributed by atoms with Crippen LogP contribution in [0.25, 0.3) is 0 Å². The van der Waals surface area contributed by atoms with Gasteiger partial charge in [-0.1, -0.05) is 47.5 Å². The number of ether oxygens (including phenoxy) is 2. The highest BCUT2D eigenvalue weighted by Crippen LogP contribution is 2.24. The maximum absolute atomic E-state index is 12.7. The predicted octanol–water partition coefficient (Wildman–Crippen LogP) is 3.76. The summed E-state index contributed by atoms with van der Waals surface area (Å²) >= 11 is 12.2. The monoisotopic (exact) mass is 488 g/mol. The van der Waals surface area contributed by atoms with Crippen molar-refractivity contribution >= 4 is 35.1 Å². The number of esters is 1. The number of carbonyl (C=O) groups excluding carboxylic acids is 2. The van der Waals surface area contributed by atoms with Crippen LogP contribution in [0.4, 0.5) is 0 Å². The zero-order valence-corrected chi connectivity index (χ0v) is 19.3. The minimum atomic E-state index is -0.938. The molecule has 1 aromatic heterocycles. The fourth-order valence-electron chi connectivity index (χ4n) is 3.17. The van der Waals surface area contributed by atoms with Crippen LogP contribution in [0, 0.1) is 5.21 Å². The summed E-state index contributed by atoms with van der Waals surface area (Å²) in [7, 11) is 1.25. The van der Waals surface area contributed by atoms with E-state index in [0.717, 1.165) is 10.3 Å². The molecule has 3 aromatic rings. The Kier molecular flexibility index (Phi) is 8.52. The third kappa shape index (κ3) is 6.60. The lowest BCUT2D eigenvalue weighted by Gasteiger charge is -2.18. The fraction of sp³-hybridized carbons (Fsp3) is 0.208. The molecule has 0 aliphatic rings. The first-order valence-electron chi connectivity index (χ1n) is 10.1. The summed E-state index contributed by atoms with van der Waals surface area (Å²) in [6.45, 7) is 0.338. The number of benzene rings is 2. The molecule has 0 fully saturated rings. The molecule has 9 heteroatoms. The Bertz CT molecular complexity index is 1100. The third-order valence-electron chi connectivity index (χ3n) is 4.88. The average Bonchev–Trinajstić information content (AvgIpc) is 2.80. The molecular weight excluding hydrogens is 467 g/mol. The van der Waals surface area contributed by atoms with Gasteiger partial charge < -0.3 is 20.0 Å². The van der Waals surface area contributed by atoms with Crippen molar-refractivity contribution in [3.63, 3.8) is 0 Å². The molecule has 0 aliphatic heterocycles. The van der Waals surface area contributed by atoms with Gasteiger partial charge in [-0.15, -0.1) is 0 Å². The Balaban J connectivity index is 1.62. The van der Waals surface area contributed by atoms with Gasteiger partial charge in [0, 0.05) is 18.6 Å². The number of hydrogen-bond donors (Lipinski definition) is 1. The van der Waals surface area contributed by atoms with E-state index < -0.39 is 17.9 Å². The zero-order valence-electron chi connectivity index (χ0n) is 17.8. The Labute approximate surface area is 201 Å². The Morgan fingerprint density at radius 2 is 1.73 bits per heavy atom. The van der Waals surface area contributed by atoms with Gasteiger partial charge in [-0.25, -0.2) is 4.79 Å². The van der Waals surface area contributed by atoms with Crippen LogP contribution in [0.2, 0.25) is 10.0 Å². The second-order valence-corrected chi connectivity index (χ2v) is 7.92. The molecule has 7 nitrogen and oxygen atoms in total. The number of rotatable bonds is 9. The van der Waals surface area contributed by atoms with E-state index in [-0.39, 0.29) is 22.0 Å². The molecule has 1 heterocycles. The first-order chi connectivity index (χ1) is 15.9. The molecule has 172 valence electrons. The number of aromatic nitrogens is 1. The van der Waals surface area contributed by atoms with E-state index >= 15 is 0 Å². The van der Waals surface area contributed by atoms with Gasteiger partial charge in [-0.3, -0.25) is 4.79 Å². The number of halogens is 2. The van der Waals surface area contributed by atoms with E-state index in [0.29, 0.717) is 24.5 Å². The number of pyridine rings is 1. The lowest BCUT2D eigenvalue weighted by atomic mass is 10.0. The minimum Gasteiger partial charge on any atom is -0.619 e. The molecule has 0 saturated heterocycles. The van der Waals surface area contributed by atoms with Crippen molar-refractivity contribution in [2.24, 2.45) is 0 Å². The van der Waals surface area contributed by atoms with Crippen LogP contribution >= 0.6 is 23.2 Å². The molecule has 2 aromatic carbocycles. The molecule has 33 heavy (non-hydrogen) atoms. The summed E-state index contributed by atoms with van der Waals surface area (Å²) in [4.78, 5) is 25.0. The topological polar surface area (TPSA) is 91.6 Å². The molecule has 1 amide bonds. The lowest BCUT2D eigenvalue weighted by molar-refractivity contribution is -0.614. The molecule has 3 rings (SSSR count). The van der Waals surface area contributed by atoms with Crippen LogP contribution in [0.3, 0.4) is 0 Å². The van der Waals surface area contributed by atoms with Crippen LogP contribution in [-0.2, 0) is 22.4 Å². The first kappa shape index (κ1) is 24.4. The minimum absolute atomic E-state index is 0.0938. The Morgan fingerprint density at radius 3 is 2.36 bits per heavy atom. The maximum Gasteiger partial charge on any atom is 0.328 e. The van der Waals surface area contributed by atoms with E-state index in [2.05, 4.69) is 5.32 Å². The molecule has 0 radical (unpaired) electrons. The second kappa shape index (κ2) is 11.5. The highest BCUT2D eigenvalue weighted by molar-refractivity contribution is 6.39. The van der Waals surface area contributed by atoms with Crippen molar-refractivity contribution in [1.29, 1.82) is 0 Å². The van der Waals surface area contributed by atoms with Gasteiger partial charge in [0.25, 0.3) is 5.91 Å². The van der Waals surface area contributed by atoms with E-state index in [1.54, 1.807) is 60.7 Å². The third-order valence-corrected chi connectivity index (χ3v) is 5.51. The standard InChI is InChI=1S/C24H22Cl2N2O5/c1-32-24(30)21(27-23(29)22-19(25)6-4-7-20(22)26)15-16-8-10-18(11-9-16)33-14-12-17-5-2-3-13-28(17)31/h2-11,13,21H,12,14-15H2,1H3,(H,27,29)/t21-/m0/s1. The van der Waals surface area contributed by atoms with Crippen molar-refractivity contribution in [1.82, 2.24) is 5.32 Å². The highest BCUT2D eigenvalue weighted by Gasteiger charge is 2.25. The smallest absolute Gasteiger partial charge is 0.328 e. The van der Waals surface area contributed by atoms with Crippen molar-refractivity contribution in [2.45, 2.75) is 18.9 Å². The van der Waals surface area contributed by atoms with Gasteiger partial charge in [0.1, 0.15) is 11.8 Å². The Hall–Kier alpha value is -3.29. The quantitative estimate of drug-likeness (QED) is 0.281. The summed E-state index contributed by atoms with van der Waals surface area (Å²) in [5.41, 5.74) is 1.49. The first-order valence-corrected chi connectivity index (χ1v) is 10.9. The summed E-state index contributed by atoms with van der Waals surface area (Å²) in [6.07, 6.45) is 2.11. The summed E-state index contributed by atoms with van der Waals surface area (Å²) in [5.74, 6) is -0.549. The van der Waals surface area contributed by atoms with Gasteiger partial charge >= 0.3 is 5.97 Å². The van der Waals surface area contributed by atoms with Crippen molar-refractivity contribution in [3.05, 3.63) is 98.9 Å². The Morgan fingerprint density at radius 1 is 1.03 bits per heavy atom. The number of nitrogens with zero attached hydrogens (tertiary/aromatic N) is 1. The van der Waals surface area contributed by atoms with Crippen LogP contribution in [0.15, 0.2) is 66.9 Å². The van der Waals surface area contributed by atoms with Crippen molar-refractivity contribution in [3.8, 4) is 5.75 Å². The molecule has 0 spiro atoms. The van der Waals surface area contributed by atoms with Crippen molar-refractivity contribution < 1.29 is 23.8 Å². The number of amides is 1. The van der Waals surface area contributed by atoms with Crippen LogP contribution < -0.4 is 14.8 Å². The molecule has 0 saturated carbocycles. The van der Waals surface area contributed by atoms with E-state index in [9.17, 15) is 14.8 Å². The van der Waals surface area contributed by atoms with E-state index in [1.165, 1.54) is 13.3 Å². The van der Waals surface area contributed by atoms with Crippen LogP contribution in [-0.4, -0.2) is 31.6 Å². The predicted molar refractivity (Wildman–Crippen MR) is 124 cm³/mol. The van der Waals surface area contributed by atoms with Gasteiger partial charge in [0.05, 0.1) is 35.7 Å². The van der Waals surface area contributed by atoms with E-state index in [1.807, 2.05) is 0 Å². The lowest BCUT2D eigenvalue weighted by Crippen LogP contribution is -2.43. The van der Waals surface area contributed by atoms with Gasteiger partial charge in [0.2, 0.25) is 0 Å². The summed E-state index contributed by atoms with van der Waals surface area (Å²) < 4.78 is 11.3. The molecular formula is C24H22Cl2N2O5.